The monoisotopic (exact) mass is 541 g/mol. The van der Waals surface area contributed by atoms with Crippen LogP contribution >= 0.6 is 0 Å². The summed E-state index contributed by atoms with van der Waals surface area (Å²) in [5, 5.41) is 19.9. The molecule has 0 amide bonds. The van der Waals surface area contributed by atoms with Gasteiger partial charge in [0.1, 0.15) is 0 Å². The molecule has 0 aliphatic rings. The molecule has 19 heavy (non-hydrogen) atoms. The van der Waals surface area contributed by atoms with Crippen molar-refractivity contribution >= 4 is 0 Å². The first-order valence-corrected chi connectivity index (χ1v) is 4.89. The van der Waals surface area contributed by atoms with Crippen LogP contribution in [0.1, 0.15) is 0 Å². The van der Waals surface area contributed by atoms with Gasteiger partial charge in [-0.3, -0.25) is 0 Å². The van der Waals surface area contributed by atoms with Gasteiger partial charge in [0.15, 0.2) is 0 Å². The molecule has 9 heteroatoms. The minimum Gasteiger partial charge on any atom is -1.00 e. The standard InChI is InChI=1S/2C5H13NO.4ClH.Pt/c2*1-6(2,3)4-5-7;;;;;/h2*4-5H2,1-3H3;4*1H;/q;;;;;;+4/p-4. The molecule has 0 aliphatic heterocycles. The fourth-order valence-corrected chi connectivity index (χ4v) is 0.548. The molecule has 4 nitrogen and oxygen atoms in total. The predicted octanol–water partition coefficient (Wildman–Crippen LogP) is -13.9. The van der Waals surface area contributed by atoms with E-state index >= 15 is 0 Å². The van der Waals surface area contributed by atoms with Crippen LogP contribution in [0.5, 0.6) is 0 Å². The van der Waals surface area contributed by atoms with Crippen molar-refractivity contribution in [1.82, 2.24) is 0 Å². The molecule has 0 N–H and O–H groups in total. The number of hydrogen-bond donors (Lipinski definition) is 0. The number of rotatable bonds is 4. The first-order valence-electron chi connectivity index (χ1n) is 4.89. The third-order valence-corrected chi connectivity index (χ3v) is 1.52. The molecule has 0 unspecified atom stereocenters. The van der Waals surface area contributed by atoms with E-state index in [0.717, 1.165) is 22.1 Å². The van der Waals surface area contributed by atoms with Gasteiger partial charge in [-0.05, 0) is 0 Å². The summed E-state index contributed by atoms with van der Waals surface area (Å²) in [5.74, 6) is 0. The van der Waals surface area contributed by atoms with Crippen molar-refractivity contribution in [2.24, 2.45) is 0 Å². The molecule has 0 rings (SSSR count). The molecule has 0 aromatic rings. The largest absolute Gasteiger partial charge is 4.00 e. The Balaban J connectivity index is -0.0000000240. The van der Waals surface area contributed by atoms with E-state index in [2.05, 4.69) is 0 Å². The van der Waals surface area contributed by atoms with E-state index in [1.807, 2.05) is 42.3 Å². The van der Waals surface area contributed by atoms with Crippen LogP contribution in [-0.2, 0) is 21.1 Å². The third kappa shape index (κ3) is 65.6. The van der Waals surface area contributed by atoms with Crippen molar-refractivity contribution in [2.45, 2.75) is 0 Å². The molecule has 126 valence electrons. The maximum atomic E-state index is 9.93. The predicted molar refractivity (Wildman–Crippen MR) is 55.5 cm³/mol. The number of hydrogen-bond acceptors (Lipinski definition) is 2. The van der Waals surface area contributed by atoms with Gasteiger partial charge < -0.3 is 68.8 Å². The second kappa shape index (κ2) is 22.0. The Labute approximate surface area is 158 Å². The second-order valence-corrected chi connectivity index (χ2v) is 5.44. The van der Waals surface area contributed by atoms with Crippen molar-refractivity contribution < 1.29 is 89.9 Å². The van der Waals surface area contributed by atoms with Gasteiger partial charge in [0.05, 0.1) is 55.4 Å². The van der Waals surface area contributed by atoms with E-state index in [9.17, 15) is 10.2 Å². The van der Waals surface area contributed by atoms with Gasteiger partial charge in [0.2, 0.25) is 0 Å². The average molecular weight is 543 g/mol. The zero-order chi connectivity index (χ0) is 11.8. The van der Waals surface area contributed by atoms with Crippen molar-refractivity contribution in [3.63, 3.8) is 0 Å². The molecule has 0 bridgehead atoms. The number of quaternary nitrogens is 2. The normalized spacial score (nSPS) is 8.84. The van der Waals surface area contributed by atoms with E-state index < -0.39 is 0 Å². The molecule has 0 saturated heterocycles. The number of halogens is 4. The maximum Gasteiger partial charge on any atom is 4.00 e. The Morgan fingerprint density at radius 3 is 0.737 bits per heavy atom. The molecule has 0 spiro atoms. The van der Waals surface area contributed by atoms with Gasteiger partial charge in [-0.15, -0.1) is 0 Å². The van der Waals surface area contributed by atoms with Gasteiger partial charge in [0.25, 0.3) is 0 Å². The summed E-state index contributed by atoms with van der Waals surface area (Å²) in [5.41, 5.74) is 0. The van der Waals surface area contributed by atoms with Gasteiger partial charge >= 0.3 is 21.1 Å². The minimum absolute atomic E-state index is 0. The fraction of sp³-hybridized carbons (Fsp3) is 1.00. The zero-order valence-corrected chi connectivity index (χ0v) is 17.7. The Morgan fingerprint density at radius 1 is 0.579 bits per heavy atom. The molecule has 0 aliphatic carbocycles. The van der Waals surface area contributed by atoms with Crippen molar-refractivity contribution in [3.05, 3.63) is 0 Å². The second-order valence-electron chi connectivity index (χ2n) is 5.44. The molecule has 0 saturated carbocycles. The maximum absolute atomic E-state index is 9.93. The van der Waals surface area contributed by atoms with Crippen LogP contribution in [0.2, 0.25) is 0 Å². The quantitative estimate of drug-likeness (QED) is 0.331. The summed E-state index contributed by atoms with van der Waals surface area (Å²) in [6, 6.07) is 0. The summed E-state index contributed by atoms with van der Waals surface area (Å²) in [4.78, 5) is 0. The molecule has 0 atom stereocenters. The van der Waals surface area contributed by atoms with Gasteiger partial charge in [-0.1, -0.05) is 13.2 Å². The Bertz CT molecular complexity index is 128. The van der Waals surface area contributed by atoms with Gasteiger partial charge in [-0.25, -0.2) is 0 Å². The van der Waals surface area contributed by atoms with Crippen LogP contribution in [-0.4, -0.2) is 77.6 Å². The zero-order valence-electron chi connectivity index (χ0n) is 12.4. The molecule has 0 aromatic heterocycles. The van der Waals surface area contributed by atoms with Gasteiger partial charge in [0, 0.05) is 0 Å². The molecule has 0 radical (unpaired) electrons. The Morgan fingerprint density at radius 2 is 0.737 bits per heavy atom. The van der Waals surface area contributed by atoms with Crippen LogP contribution in [0.3, 0.4) is 0 Å². The summed E-state index contributed by atoms with van der Waals surface area (Å²) < 4.78 is 1.56. The average Bonchev–Trinajstić information content (AvgIpc) is 1.81. The molecule has 0 heterocycles. The van der Waals surface area contributed by atoms with Crippen molar-refractivity contribution in [1.29, 1.82) is 0 Å². The summed E-state index contributed by atoms with van der Waals surface area (Å²) >= 11 is 0. The first kappa shape index (κ1) is 42.8. The van der Waals surface area contributed by atoms with E-state index in [4.69, 9.17) is 0 Å². The molecular weight excluding hydrogens is 517 g/mol. The minimum atomic E-state index is 0. The number of nitrogens with zero attached hydrogens (tertiary/aromatic N) is 2. The summed E-state index contributed by atoms with van der Waals surface area (Å²) in [6.45, 7) is 1.51. The van der Waals surface area contributed by atoms with Crippen LogP contribution in [0.4, 0.5) is 0 Å². The van der Waals surface area contributed by atoms with Crippen LogP contribution in [0, 0.1) is 0 Å². The number of likely N-dealkylation sites (N-methyl/N-ethyl adjacent to an activating group) is 2. The molecule has 0 aromatic carbocycles. The summed E-state index contributed by atoms with van der Waals surface area (Å²) in [6.07, 6.45) is 0. The van der Waals surface area contributed by atoms with Crippen molar-refractivity contribution in [3.8, 4) is 0 Å². The van der Waals surface area contributed by atoms with E-state index in [0.29, 0.717) is 0 Å². The smallest absolute Gasteiger partial charge is 1.00 e. The van der Waals surface area contributed by atoms with Crippen LogP contribution in [0.15, 0.2) is 0 Å². The molecule has 0 fully saturated rings. The summed E-state index contributed by atoms with van der Waals surface area (Å²) in [7, 11) is 12.1. The SMILES string of the molecule is C[N+](C)(C)CC[O-].C[N+](C)(C)CC[O-].[Cl-].[Cl-].[Cl-].[Cl-].[Pt+4]. The fourth-order valence-electron chi connectivity index (χ4n) is 0.548. The van der Waals surface area contributed by atoms with Gasteiger partial charge in [-0.2, -0.15) is 0 Å². The Kier molecular flexibility index (Phi) is 49.5. The van der Waals surface area contributed by atoms with Crippen LogP contribution in [0.25, 0.3) is 0 Å². The third-order valence-electron chi connectivity index (χ3n) is 1.52. The van der Waals surface area contributed by atoms with E-state index in [1.165, 1.54) is 0 Å². The first-order chi connectivity index (χ1) is 6.12. The van der Waals surface area contributed by atoms with Crippen molar-refractivity contribution in [2.75, 3.05) is 68.6 Å². The van der Waals surface area contributed by atoms with E-state index in [1.54, 1.807) is 0 Å². The van der Waals surface area contributed by atoms with E-state index in [-0.39, 0.29) is 83.9 Å². The topological polar surface area (TPSA) is 46.1 Å². The van der Waals surface area contributed by atoms with Crippen LogP contribution < -0.4 is 59.8 Å². The molecular formula is C10H26Cl4N2O2Pt. The Hall–Kier alpha value is 1.69.